The molecule has 0 fully saturated rings. The van der Waals surface area contributed by atoms with E-state index in [1.165, 1.54) is 5.56 Å². The summed E-state index contributed by atoms with van der Waals surface area (Å²) in [6.45, 7) is 0.266. The van der Waals surface area contributed by atoms with Crippen LogP contribution in [0.25, 0.3) is 0 Å². The Labute approximate surface area is 72.8 Å². The van der Waals surface area contributed by atoms with Gasteiger partial charge in [-0.2, -0.15) is 0 Å². The van der Waals surface area contributed by atoms with Crippen LogP contribution in [0.4, 0.5) is 0 Å². The molecule has 3 heteroatoms. The first-order valence-corrected chi connectivity index (χ1v) is 4.29. The fraction of sp³-hybridized carbons (Fsp3) is 0.556. The van der Waals surface area contributed by atoms with Gasteiger partial charge in [0.15, 0.2) is 0 Å². The van der Waals surface area contributed by atoms with Gasteiger partial charge in [-0.3, -0.25) is 0 Å². The van der Waals surface area contributed by atoms with Gasteiger partial charge >= 0.3 is 0 Å². The molecule has 0 aliphatic carbocycles. The first-order valence-electron chi connectivity index (χ1n) is 4.29. The number of rotatable bonds is 5. The number of aromatic nitrogens is 1. The molecule has 1 rings (SSSR count). The topological polar surface area (TPSA) is 48.0 Å². The van der Waals surface area contributed by atoms with Crippen LogP contribution in [0.15, 0.2) is 18.5 Å². The van der Waals surface area contributed by atoms with E-state index in [4.69, 9.17) is 5.11 Å². The van der Waals surface area contributed by atoms with E-state index in [0.717, 1.165) is 12.8 Å². The first-order chi connectivity index (χ1) is 5.88. The minimum Gasteiger partial charge on any atom is -0.396 e. The smallest absolute Gasteiger partial charge is 0.0431 e. The van der Waals surface area contributed by atoms with Gasteiger partial charge < -0.3 is 15.4 Å². The SMILES string of the molecule is CNC(CCCO)c1cc[nH]c1. The highest BCUT2D eigenvalue weighted by Crippen LogP contribution is 2.16. The second kappa shape index (κ2) is 4.95. The molecule has 0 bridgehead atoms. The van der Waals surface area contributed by atoms with Gasteiger partial charge in [0, 0.05) is 25.0 Å². The van der Waals surface area contributed by atoms with Crippen molar-refractivity contribution in [1.29, 1.82) is 0 Å². The van der Waals surface area contributed by atoms with E-state index in [2.05, 4.69) is 16.4 Å². The molecule has 3 nitrogen and oxygen atoms in total. The standard InChI is InChI=1S/C9H16N2O/c1-10-9(3-2-6-12)8-4-5-11-7-8/h4-5,7,9-12H,2-3,6H2,1H3. The van der Waals surface area contributed by atoms with Crippen molar-refractivity contribution < 1.29 is 5.11 Å². The third-order valence-electron chi connectivity index (χ3n) is 2.02. The summed E-state index contributed by atoms with van der Waals surface area (Å²) in [5.41, 5.74) is 1.26. The van der Waals surface area contributed by atoms with Crippen LogP contribution in [0, 0.1) is 0 Å². The van der Waals surface area contributed by atoms with Gasteiger partial charge in [0.1, 0.15) is 0 Å². The Hall–Kier alpha value is -0.800. The van der Waals surface area contributed by atoms with E-state index in [1.807, 2.05) is 19.4 Å². The highest BCUT2D eigenvalue weighted by atomic mass is 16.2. The van der Waals surface area contributed by atoms with Crippen LogP contribution in [0.2, 0.25) is 0 Å². The number of hydrogen-bond donors (Lipinski definition) is 3. The molecule has 0 saturated heterocycles. The van der Waals surface area contributed by atoms with Crippen molar-refractivity contribution in [2.24, 2.45) is 0 Å². The van der Waals surface area contributed by atoms with Gasteiger partial charge in [0.2, 0.25) is 0 Å². The molecule has 3 N–H and O–H groups in total. The number of aliphatic hydroxyl groups excluding tert-OH is 1. The second-order valence-electron chi connectivity index (χ2n) is 2.85. The van der Waals surface area contributed by atoms with Crippen LogP contribution in [0.5, 0.6) is 0 Å². The number of aromatic amines is 1. The Morgan fingerprint density at radius 1 is 1.67 bits per heavy atom. The average Bonchev–Trinajstić information content (AvgIpc) is 2.59. The zero-order chi connectivity index (χ0) is 8.81. The Kier molecular flexibility index (Phi) is 3.84. The number of nitrogens with one attached hydrogen (secondary N) is 2. The van der Waals surface area contributed by atoms with Gasteiger partial charge in [-0.1, -0.05) is 0 Å². The van der Waals surface area contributed by atoms with Crippen molar-refractivity contribution in [3.63, 3.8) is 0 Å². The number of H-pyrrole nitrogens is 1. The van der Waals surface area contributed by atoms with Crippen LogP contribution in [0.3, 0.4) is 0 Å². The maximum Gasteiger partial charge on any atom is 0.0431 e. The highest BCUT2D eigenvalue weighted by Gasteiger charge is 2.07. The van der Waals surface area contributed by atoms with Crippen LogP contribution in [-0.4, -0.2) is 23.7 Å². The Balaban J connectivity index is 2.45. The largest absolute Gasteiger partial charge is 0.396 e. The monoisotopic (exact) mass is 168 g/mol. The van der Waals surface area contributed by atoms with Gasteiger partial charge in [-0.25, -0.2) is 0 Å². The number of hydrogen-bond acceptors (Lipinski definition) is 2. The summed E-state index contributed by atoms with van der Waals surface area (Å²) >= 11 is 0. The lowest BCUT2D eigenvalue weighted by molar-refractivity contribution is 0.276. The predicted octanol–water partition coefficient (Wildman–Crippen LogP) is 1.05. The zero-order valence-corrected chi connectivity index (χ0v) is 7.38. The normalized spacial score (nSPS) is 13.2. The fourth-order valence-electron chi connectivity index (χ4n) is 1.33. The van der Waals surface area contributed by atoms with E-state index in [1.54, 1.807) is 0 Å². The molecule has 12 heavy (non-hydrogen) atoms. The first kappa shape index (κ1) is 9.29. The van der Waals surface area contributed by atoms with Gasteiger partial charge in [-0.15, -0.1) is 0 Å². The van der Waals surface area contributed by atoms with Crippen LogP contribution in [0.1, 0.15) is 24.4 Å². The molecule has 0 radical (unpaired) electrons. The van der Waals surface area contributed by atoms with Crippen molar-refractivity contribution >= 4 is 0 Å². The maximum absolute atomic E-state index is 8.67. The molecular formula is C9H16N2O. The molecular weight excluding hydrogens is 152 g/mol. The third kappa shape index (κ3) is 2.36. The summed E-state index contributed by atoms with van der Waals surface area (Å²) in [4.78, 5) is 3.02. The van der Waals surface area contributed by atoms with E-state index in [9.17, 15) is 0 Å². The lowest BCUT2D eigenvalue weighted by Gasteiger charge is -2.13. The average molecular weight is 168 g/mol. The van der Waals surface area contributed by atoms with Crippen molar-refractivity contribution in [2.45, 2.75) is 18.9 Å². The van der Waals surface area contributed by atoms with Crippen LogP contribution in [-0.2, 0) is 0 Å². The Bertz CT molecular complexity index is 196. The Morgan fingerprint density at radius 3 is 3.00 bits per heavy atom. The Morgan fingerprint density at radius 2 is 2.50 bits per heavy atom. The predicted molar refractivity (Wildman–Crippen MR) is 48.9 cm³/mol. The molecule has 1 aromatic heterocycles. The number of aliphatic hydroxyl groups is 1. The molecule has 0 spiro atoms. The fourth-order valence-corrected chi connectivity index (χ4v) is 1.33. The summed E-state index contributed by atoms with van der Waals surface area (Å²) in [5, 5.41) is 11.9. The van der Waals surface area contributed by atoms with E-state index >= 15 is 0 Å². The zero-order valence-electron chi connectivity index (χ0n) is 7.38. The molecule has 1 unspecified atom stereocenters. The van der Waals surface area contributed by atoms with Gasteiger partial charge in [0.25, 0.3) is 0 Å². The molecule has 0 amide bonds. The van der Waals surface area contributed by atoms with Crippen LogP contribution >= 0.6 is 0 Å². The minimum absolute atomic E-state index is 0.266. The molecule has 0 aliphatic rings. The molecule has 1 atom stereocenters. The second-order valence-corrected chi connectivity index (χ2v) is 2.85. The molecule has 1 heterocycles. The van der Waals surface area contributed by atoms with E-state index in [-0.39, 0.29) is 6.61 Å². The quantitative estimate of drug-likeness (QED) is 0.615. The molecule has 1 aromatic rings. The lowest BCUT2D eigenvalue weighted by atomic mass is 10.1. The summed E-state index contributed by atoms with van der Waals surface area (Å²) in [7, 11) is 1.94. The maximum atomic E-state index is 8.67. The molecule has 0 saturated carbocycles. The van der Waals surface area contributed by atoms with Crippen molar-refractivity contribution in [3.05, 3.63) is 24.0 Å². The summed E-state index contributed by atoms with van der Waals surface area (Å²) < 4.78 is 0. The molecule has 0 aromatic carbocycles. The summed E-state index contributed by atoms with van der Waals surface area (Å²) in [6.07, 6.45) is 5.72. The van der Waals surface area contributed by atoms with Gasteiger partial charge in [0.05, 0.1) is 0 Å². The third-order valence-corrected chi connectivity index (χ3v) is 2.02. The van der Waals surface area contributed by atoms with Gasteiger partial charge in [-0.05, 0) is 31.5 Å². The van der Waals surface area contributed by atoms with E-state index in [0.29, 0.717) is 6.04 Å². The lowest BCUT2D eigenvalue weighted by Crippen LogP contribution is -2.15. The molecule has 0 aliphatic heterocycles. The van der Waals surface area contributed by atoms with Crippen molar-refractivity contribution in [2.75, 3.05) is 13.7 Å². The summed E-state index contributed by atoms with van der Waals surface area (Å²) in [6, 6.07) is 2.42. The van der Waals surface area contributed by atoms with Crippen molar-refractivity contribution in [3.8, 4) is 0 Å². The van der Waals surface area contributed by atoms with E-state index < -0.39 is 0 Å². The minimum atomic E-state index is 0.266. The summed E-state index contributed by atoms with van der Waals surface area (Å²) in [5.74, 6) is 0. The molecule has 68 valence electrons. The highest BCUT2D eigenvalue weighted by molar-refractivity contribution is 5.13. The van der Waals surface area contributed by atoms with Crippen molar-refractivity contribution in [1.82, 2.24) is 10.3 Å². The van der Waals surface area contributed by atoms with Crippen LogP contribution < -0.4 is 5.32 Å².